The van der Waals surface area contributed by atoms with Gasteiger partial charge in [-0.15, -0.1) is 0 Å². The molecule has 0 aliphatic heterocycles. The summed E-state index contributed by atoms with van der Waals surface area (Å²) in [7, 11) is 0. The molecule has 1 rings (SSSR count). The largest absolute Gasteiger partial charge is 0.410 e. The molecular weight excluding hydrogens is 274 g/mol. The van der Waals surface area contributed by atoms with Crippen LogP contribution in [0.5, 0.6) is 0 Å². The molecule has 8 heteroatoms. The first-order valence-corrected chi connectivity index (χ1v) is 5.87. The van der Waals surface area contributed by atoms with Crippen LogP contribution in [0, 0.1) is 11.3 Å². The van der Waals surface area contributed by atoms with Gasteiger partial charge in [0, 0.05) is 5.69 Å². The van der Waals surface area contributed by atoms with Crippen molar-refractivity contribution in [1.29, 1.82) is 5.26 Å². The number of anilines is 1. The first-order chi connectivity index (χ1) is 10.1. The summed E-state index contributed by atoms with van der Waals surface area (Å²) in [6.07, 6.45) is -0.363. The van der Waals surface area contributed by atoms with Crippen molar-refractivity contribution < 1.29 is 14.8 Å². The first kappa shape index (κ1) is 15.8. The normalized spacial score (nSPS) is 11.4. The lowest BCUT2D eigenvalue weighted by Gasteiger charge is -2.06. The lowest BCUT2D eigenvalue weighted by atomic mass is 10.2. The maximum Gasteiger partial charge on any atom is 0.279 e. The highest BCUT2D eigenvalue weighted by Gasteiger charge is 2.16. The fraction of sp³-hybridized carbons (Fsp3) is 0.154. The molecule has 0 spiro atoms. The lowest BCUT2D eigenvalue weighted by molar-refractivity contribution is -0.120. The van der Waals surface area contributed by atoms with Crippen LogP contribution in [0.2, 0.25) is 0 Å². The van der Waals surface area contributed by atoms with Gasteiger partial charge in [-0.1, -0.05) is 23.4 Å². The van der Waals surface area contributed by atoms with E-state index in [0.29, 0.717) is 5.69 Å². The number of nitriles is 1. The van der Waals surface area contributed by atoms with Crippen molar-refractivity contribution in [1.82, 2.24) is 5.43 Å². The number of nitrogens with zero attached hydrogens (tertiary/aromatic N) is 3. The number of hydrogen-bond acceptors (Lipinski definition) is 6. The van der Waals surface area contributed by atoms with Gasteiger partial charge in [0.25, 0.3) is 11.8 Å². The third-order valence-corrected chi connectivity index (χ3v) is 2.28. The minimum atomic E-state index is -0.681. The molecule has 2 amide bonds. The first-order valence-electron chi connectivity index (χ1n) is 5.87. The third kappa shape index (κ3) is 5.12. The van der Waals surface area contributed by atoms with Crippen molar-refractivity contribution in [2.45, 2.75) is 13.3 Å². The van der Waals surface area contributed by atoms with Crippen LogP contribution in [0.1, 0.15) is 13.3 Å². The van der Waals surface area contributed by atoms with Gasteiger partial charge in [0.1, 0.15) is 6.42 Å². The number of amides is 2. The number of rotatable bonds is 5. The summed E-state index contributed by atoms with van der Waals surface area (Å²) < 4.78 is 0. The molecule has 0 atom stereocenters. The number of hydrazone groups is 1. The van der Waals surface area contributed by atoms with E-state index in [4.69, 9.17) is 10.5 Å². The van der Waals surface area contributed by atoms with Crippen molar-refractivity contribution in [2.75, 3.05) is 5.32 Å². The Morgan fingerprint density at radius 2 is 2.00 bits per heavy atom. The fourth-order valence-electron chi connectivity index (χ4n) is 1.30. The molecule has 0 aliphatic carbocycles. The van der Waals surface area contributed by atoms with E-state index in [1.54, 1.807) is 36.4 Å². The molecule has 0 saturated carbocycles. The van der Waals surface area contributed by atoms with Crippen molar-refractivity contribution >= 4 is 28.9 Å². The zero-order valence-electron chi connectivity index (χ0n) is 11.2. The summed E-state index contributed by atoms with van der Waals surface area (Å²) >= 11 is 0. The van der Waals surface area contributed by atoms with E-state index in [9.17, 15) is 9.59 Å². The standard InChI is InChI=1S/C13H13N5O3/c1-9(16-17-11(19)7-8-14)12(18-21)13(20)15-10-5-3-2-4-6-10/h2-6,21H,7H2,1H3,(H,15,20)(H,17,19)/b16-9-,18-12-. The monoisotopic (exact) mass is 287 g/mol. The Kier molecular flexibility index (Phi) is 6.08. The van der Waals surface area contributed by atoms with Gasteiger partial charge in [-0.25, -0.2) is 5.43 Å². The highest BCUT2D eigenvalue weighted by Crippen LogP contribution is 2.05. The van der Waals surface area contributed by atoms with Gasteiger partial charge < -0.3 is 10.5 Å². The van der Waals surface area contributed by atoms with Crippen LogP contribution in [0.25, 0.3) is 0 Å². The molecule has 0 unspecified atom stereocenters. The smallest absolute Gasteiger partial charge is 0.279 e. The van der Waals surface area contributed by atoms with E-state index in [2.05, 4.69) is 21.0 Å². The second-order valence-electron chi connectivity index (χ2n) is 3.84. The van der Waals surface area contributed by atoms with E-state index in [0.717, 1.165) is 0 Å². The molecule has 21 heavy (non-hydrogen) atoms. The molecule has 0 fully saturated rings. The second-order valence-corrected chi connectivity index (χ2v) is 3.84. The number of para-hydroxylation sites is 1. The molecule has 0 saturated heterocycles. The molecule has 8 nitrogen and oxygen atoms in total. The summed E-state index contributed by atoms with van der Waals surface area (Å²) in [5.41, 5.74) is 2.24. The maximum atomic E-state index is 11.9. The number of oxime groups is 1. The number of hydrogen-bond donors (Lipinski definition) is 3. The fourth-order valence-corrected chi connectivity index (χ4v) is 1.30. The summed E-state index contributed by atoms with van der Waals surface area (Å²) in [5, 5.41) is 26.2. The van der Waals surface area contributed by atoms with Crippen LogP contribution < -0.4 is 10.7 Å². The van der Waals surface area contributed by atoms with Crippen molar-refractivity contribution in [3.05, 3.63) is 30.3 Å². The number of nitrogens with one attached hydrogen (secondary N) is 2. The number of carbonyl (C=O) groups excluding carboxylic acids is 2. The van der Waals surface area contributed by atoms with E-state index in [1.165, 1.54) is 6.92 Å². The van der Waals surface area contributed by atoms with Gasteiger partial charge in [-0.05, 0) is 19.1 Å². The Morgan fingerprint density at radius 1 is 1.33 bits per heavy atom. The highest BCUT2D eigenvalue weighted by atomic mass is 16.4. The Balaban J connectivity index is 2.74. The van der Waals surface area contributed by atoms with Crippen LogP contribution in [-0.2, 0) is 9.59 Å². The van der Waals surface area contributed by atoms with E-state index >= 15 is 0 Å². The van der Waals surface area contributed by atoms with Gasteiger partial charge in [-0.2, -0.15) is 10.4 Å². The van der Waals surface area contributed by atoms with E-state index in [-0.39, 0.29) is 17.8 Å². The summed E-state index contributed by atoms with van der Waals surface area (Å²) in [6.45, 7) is 1.38. The average molecular weight is 287 g/mol. The lowest BCUT2D eigenvalue weighted by Crippen LogP contribution is -2.31. The van der Waals surface area contributed by atoms with Crippen molar-refractivity contribution in [3.63, 3.8) is 0 Å². The molecule has 0 radical (unpaired) electrons. The van der Waals surface area contributed by atoms with Gasteiger partial charge in [-0.3, -0.25) is 9.59 Å². The molecule has 108 valence electrons. The van der Waals surface area contributed by atoms with Crippen LogP contribution in [0.15, 0.2) is 40.6 Å². The minimum absolute atomic E-state index is 0.00257. The average Bonchev–Trinajstić information content (AvgIpc) is 2.47. The SMILES string of the molecule is CC(=N/NC(=O)CC#N)/C(=N/O)C(=O)Nc1ccccc1. The molecule has 0 bridgehead atoms. The number of benzene rings is 1. The predicted molar refractivity (Wildman–Crippen MR) is 75.8 cm³/mol. The van der Waals surface area contributed by atoms with Crippen LogP contribution in [0.4, 0.5) is 5.69 Å². The van der Waals surface area contributed by atoms with E-state index in [1.807, 2.05) is 0 Å². The zero-order valence-corrected chi connectivity index (χ0v) is 11.2. The Hall–Kier alpha value is -3.21. The van der Waals surface area contributed by atoms with Crippen LogP contribution >= 0.6 is 0 Å². The third-order valence-electron chi connectivity index (χ3n) is 2.28. The Bertz CT molecular complexity index is 616. The summed E-state index contributed by atoms with van der Waals surface area (Å²) in [5.74, 6) is -1.31. The van der Waals surface area contributed by atoms with Gasteiger partial charge in [0.2, 0.25) is 0 Å². The zero-order chi connectivity index (χ0) is 15.7. The molecule has 1 aromatic rings. The maximum absolute atomic E-state index is 11.9. The molecule has 1 aromatic carbocycles. The topological polar surface area (TPSA) is 127 Å². The molecule has 0 aromatic heterocycles. The van der Waals surface area contributed by atoms with Crippen LogP contribution in [0.3, 0.4) is 0 Å². The van der Waals surface area contributed by atoms with Gasteiger partial charge in [0.05, 0.1) is 11.8 Å². The molecule has 0 heterocycles. The van der Waals surface area contributed by atoms with E-state index < -0.39 is 11.8 Å². The van der Waals surface area contributed by atoms with Gasteiger partial charge >= 0.3 is 0 Å². The highest BCUT2D eigenvalue weighted by molar-refractivity contribution is 6.68. The van der Waals surface area contributed by atoms with Gasteiger partial charge in [0.15, 0.2) is 5.71 Å². The Morgan fingerprint density at radius 3 is 2.57 bits per heavy atom. The Labute approximate surface area is 120 Å². The van der Waals surface area contributed by atoms with Crippen LogP contribution in [-0.4, -0.2) is 28.4 Å². The summed E-state index contributed by atoms with van der Waals surface area (Å²) in [6, 6.07) is 10.2. The number of carbonyl (C=O) groups is 2. The second kappa shape index (κ2) is 8.06. The summed E-state index contributed by atoms with van der Waals surface area (Å²) in [4.78, 5) is 23.0. The van der Waals surface area contributed by atoms with Crippen molar-refractivity contribution in [3.8, 4) is 6.07 Å². The quantitative estimate of drug-likeness (QED) is 0.421. The molecular formula is C13H13N5O3. The van der Waals surface area contributed by atoms with Crippen molar-refractivity contribution in [2.24, 2.45) is 10.3 Å². The predicted octanol–water partition coefficient (Wildman–Crippen LogP) is 0.861. The molecule has 0 aliphatic rings. The molecule has 3 N–H and O–H groups in total. The minimum Gasteiger partial charge on any atom is -0.410 e.